The lowest BCUT2D eigenvalue weighted by Crippen LogP contribution is -2.43. The summed E-state index contributed by atoms with van der Waals surface area (Å²) in [6.07, 6.45) is 0.753. The van der Waals surface area contributed by atoms with Gasteiger partial charge in [-0.3, -0.25) is 9.59 Å². The van der Waals surface area contributed by atoms with Crippen LogP contribution in [0.5, 0.6) is 0 Å². The third kappa shape index (κ3) is 5.35. The molecule has 1 aliphatic rings. The van der Waals surface area contributed by atoms with E-state index in [0.29, 0.717) is 5.02 Å². The number of rotatable bonds is 4. The van der Waals surface area contributed by atoms with Gasteiger partial charge in [0.25, 0.3) is 0 Å². The largest absolute Gasteiger partial charge is 0.377 e. The maximum Gasteiger partial charge on any atom is 0.229 e. The molecule has 3 aromatic rings. The van der Waals surface area contributed by atoms with Crippen LogP contribution in [0.3, 0.4) is 0 Å². The molecule has 0 bridgehead atoms. The highest BCUT2D eigenvalue weighted by atomic mass is 35.5. The van der Waals surface area contributed by atoms with Crippen molar-refractivity contribution in [1.82, 2.24) is 0 Å². The van der Waals surface area contributed by atoms with Crippen molar-refractivity contribution >= 4 is 40.5 Å². The highest BCUT2D eigenvalue weighted by Crippen LogP contribution is 2.42. The second-order valence-electron chi connectivity index (χ2n) is 10.2. The number of carbonyl (C=O) groups excluding carboxylic acids is 2. The monoisotopic (exact) mass is 489 g/mol. The molecule has 0 aliphatic carbocycles. The van der Waals surface area contributed by atoms with E-state index in [1.54, 1.807) is 6.92 Å². The summed E-state index contributed by atoms with van der Waals surface area (Å²) in [6, 6.07) is 21.8. The normalized spacial score (nSPS) is 17.5. The number of hydrogen-bond donors (Lipinski definition) is 2. The molecule has 0 radical (unpaired) electrons. The van der Waals surface area contributed by atoms with Gasteiger partial charge in [-0.05, 0) is 66.4 Å². The van der Waals surface area contributed by atoms with E-state index < -0.39 is 5.41 Å². The Morgan fingerprint density at radius 2 is 1.69 bits per heavy atom. The van der Waals surface area contributed by atoms with Crippen LogP contribution in [0.4, 0.5) is 17.1 Å². The summed E-state index contributed by atoms with van der Waals surface area (Å²) in [4.78, 5) is 26.9. The molecule has 35 heavy (non-hydrogen) atoms. The number of halogens is 1. The standard InChI is InChI=1S/C29H32ClN3O2/c1-18-15-26(32-25-12-7-6-11-24(25)30)23-17-21(13-14-27(23)33(18)19(2)34)20-9-8-10-22(16-20)31-28(35)29(3,4)5/h6-14,16-18,26,32H,15H2,1-5H3,(H,31,35)/t18-,26+/m0/s1. The molecule has 0 spiro atoms. The molecule has 2 N–H and O–H groups in total. The summed E-state index contributed by atoms with van der Waals surface area (Å²) >= 11 is 6.44. The van der Waals surface area contributed by atoms with Crippen molar-refractivity contribution in [2.75, 3.05) is 15.5 Å². The van der Waals surface area contributed by atoms with Crippen LogP contribution < -0.4 is 15.5 Å². The number of nitrogens with zero attached hydrogens (tertiary/aromatic N) is 1. The fourth-order valence-corrected chi connectivity index (χ4v) is 4.71. The molecule has 2 amide bonds. The number of fused-ring (bicyclic) bond motifs is 1. The lowest BCUT2D eigenvalue weighted by atomic mass is 9.88. The average Bonchev–Trinajstić information content (AvgIpc) is 2.79. The molecule has 3 aromatic carbocycles. The number of nitrogens with one attached hydrogen (secondary N) is 2. The van der Waals surface area contributed by atoms with Crippen molar-refractivity contribution in [1.29, 1.82) is 0 Å². The molecular formula is C29H32ClN3O2. The molecule has 0 aromatic heterocycles. The first-order chi connectivity index (χ1) is 16.5. The van der Waals surface area contributed by atoms with Crippen LogP contribution in [0.15, 0.2) is 66.7 Å². The summed E-state index contributed by atoms with van der Waals surface area (Å²) in [6.45, 7) is 9.36. The van der Waals surface area contributed by atoms with Gasteiger partial charge < -0.3 is 15.5 Å². The number of benzene rings is 3. The molecule has 2 atom stereocenters. The van der Waals surface area contributed by atoms with Gasteiger partial charge in [-0.25, -0.2) is 0 Å². The highest BCUT2D eigenvalue weighted by molar-refractivity contribution is 6.33. The predicted octanol–water partition coefficient (Wildman–Crippen LogP) is 7.29. The Hall–Kier alpha value is -3.31. The van der Waals surface area contributed by atoms with Crippen LogP contribution in [-0.2, 0) is 9.59 Å². The molecule has 0 fully saturated rings. The Bertz CT molecular complexity index is 1260. The minimum absolute atomic E-state index is 0.0146. The van der Waals surface area contributed by atoms with Gasteiger partial charge in [-0.15, -0.1) is 0 Å². The molecular weight excluding hydrogens is 458 g/mol. The minimum atomic E-state index is -0.480. The van der Waals surface area contributed by atoms with Gasteiger partial charge in [-0.2, -0.15) is 0 Å². The van der Waals surface area contributed by atoms with E-state index in [4.69, 9.17) is 11.6 Å². The summed E-state index contributed by atoms with van der Waals surface area (Å²) in [5.74, 6) is -0.00948. The molecule has 0 saturated heterocycles. The lowest BCUT2D eigenvalue weighted by Gasteiger charge is -2.40. The Morgan fingerprint density at radius 3 is 2.37 bits per heavy atom. The average molecular weight is 490 g/mol. The van der Waals surface area contributed by atoms with Crippen molar-refractivity contribution in [2.24, 2.45) is 5.41 Å². The van der Waals surface area contributed by atoms with Crippen molar-refractivity contribution < 1.29 is 9.59 Å². The fraction of sp³-hybridized carbons (Fsp3) is 0.310. The third-order valence-electron chi connectivity index (χ3n) is 6.36. The van der Waals surface area contributed by atoms with Crippen LogP contribution in [-0.4, -0.2) is 17.9 Å². The number of carbonyl (C=O) groups is 2. The van der Waals surface area contributed by atoms with Crippen molar-refractivity contribution in [2.45, 2.75) is 53.1 Å². The maximum absolute atomic E-state index is 12.5. The van der Waals surface area contributed by atoms with Crippen LogP contribution in [0.1, 0.15) is 52.6 Å². The smallest absolute Gasteiger partial charge is 0.229 e. The molecule has 0 unspecified atom stereocenters. The highest BCUT2D eigenvalue weighted by Gasteiger charge is 2.33. The fourth-order valence-electron chi connectivity index (χ4n) is 4.52. The zero-order valence-electron chi connectivity index (χ0n) is 20.9. The Labute approximate surface area is 212 Å². The second kappa shape index (κ2) is 9.74. The van der Waals surface area contributed by atoms with Crippen molar-refractivity contribution in [3.63, 3.8) is 0 Å². The zero-order valence-corrected chi connectivity index (χ0v) is 21.6. The minimum Gasteiger partial charge on any atom is -0.377 e. The molecule has 5 nitrogen and oxygen atoms in total. The topological polar surface area (TPSA) is 61.4 Å². The van der Waals surface area contributed by atoms with Crippen molar-refractivity contribution in [3.8, 4) is 11.1 Å². The zero-order chi connectivity index (χ0) is 25.3. The van der Waals surface area contributed by atoms with E-state index in [2.05, 4.69) is 23.6 Å². The second-order valence-corrected chi connectivity index (χ2v) is 10.6. The molecule has 1 aliphatic heterocycles. The number of amides is 2. The summed E-state index contributed by atoms with van der Waals surface area (Å²) in [7, 11) is 0. The number of para-hydroxylation sites is 1. The van der Waals surface area contributed by atoms with Crippen LogP contribution in [0.25, 0.3) is 11.1 Å². The van der Waals surface area contributed by atoms with E-state index in [0.717, 1.165) is 40.2 Å². The molecule has 0 saturated carbocycles. The molecule has 6 heteroatoms. The van der Waals surface area contributed by atoms with E-state index in [1.807, 2.05) is 86.3 Å². The number of anilines is 3. The Morgan fingerprint density at radius 1 is 0.971 bits per heavy atom. The van der Waals surface area contributed by atoms with Gasteiger partial charge in [0.2, 0.25) is 11.8 Å². The first-order valence-electron chi connectivity index (χ1n) is 11.9. The van der Waals surface area contributed by atoms with Crippen LogP contribution in [0, 0.1) is 5.41 Å². The van der Waals surface area contributed by atoms with Gasteiger partial charge in [0.05, 0.1) is 16.8 Å². The van der Waals surface area contributed by atoms with E-state index in [-0.39, 0.29) is 23.9 Å². The Kier molecular flexibility index (Phi) is 6.91. The van der Waals surface area contributed by atoms with Crippen LogP contribution in [0.2, 0.25) is 5.02 Å². The quantitative estimate of drug-likeness (QED) is 0.404. The summed E-state index contributed by atoms with van der Waals surface area (Å²) in [5, 5.41) is 7.27. The molecule has 1 heterocycles. The van der Waals surface area contributed by atoms with E-state index in [9.17, 15) is 9.59 Å². The first kappa shape index (κ1) is 24.8. The van der Waals surface area contributed by atoms with E-state index >= 15 is 0 Å². The third-order valence-corrected chi connectivity index (χ3v) is 6.69. The van der Waals surface area contributed by atoms with Gasteiger partial charge in [0, 0.05) is 29.8 Å². The molecule has 182 valence electrons. The molecule has 4 rings (SSSR count). The van der Waals surface area contributed by atoms with E-state index in [1.165, 1.54) is 0 Å². The van der Waals surface area contributed by atoms with Crippen molar-refractivity contribution in [3.05, 3.63) is 77.3 Å². The lowest BCUT2D eigenvalue weighted by molar-refractivity contribution is -0.123. The van der Waals surface area contributed by atoms with Gasteiger partial charge in [-0.1, -0.05) is 62.7 Å². The first-order valence-corrected chi connectivity index (χ1v) is 12.3. The Balaban J connectivity index is 1.73. The SMILES string of the molecule is CC(=O)N1c2ccc(-c3cccc(NC(=O)C(C)(C)C)c3)cc2[C@H](Nc2ccccc2Cl)C[C@@H]1C. The summed E-state index contributed by atoms with van der Waals surface area (Å²) in [5.41, 5.74) is 5.09. The maximum atomic E-state index is 12.5. The number of hydrogen-bond acceptors (Lipinski definition) is 3. The van der Waals surface area contributed by atoms with Gasteiger partial charge >= 0.3 is 0 Å². The van der Waals surface area contributed by atoms with Gasteiger partial charge in [0.1, 0.15) is 0 Å². The summed E-state index contributed by atoms with van der Waals surface area (Å²) < 4.78 is 0. The predicted molar refractivity (Wildman–Crippen MR) is 145 cm³/mol. The van der Waals surface area contributed by atoms with Gasteiger partial charge in [0.15, 0.2) is 0 Å². The van der Waals surface area contributed by atoms with Crippen LogP contribution >= 0.6 is 11.6 Å².